The Morgan fingerprint density at radius 1 is 1.36 bits per heavy atom. The van der Waals surface area contributed by atoms with Crippen molar-refractivity contribution in [3.63, 3.8) is 0 Å². The van der Waals surface area contributed by atoms with Crippen LogP contribution >= 0.6 is 0 Å². The molecule has 0 radical (unpaired) electrons. The summed E-state index contributed by atoms with van der Waals surface area (Å²) in [6.45, 7) is 0. The molecule has 3 heteroatoms. The van der Waals surface area contributed by atoms with E-state index in [2.05, 4.69) is 0 Å². The third kappa shape index (κ3) is 2.47. The third-order valence-electron chi connectivity index (χ3n) is 2.65. The van der Waals surface area contributed by atoms with Gasteiger partial charge in [-0.05, 0) is 30.4 Å². The number of aryl methyl sites for hydroxylation is 1. The number of carboxylic acids is 1. The second-order valence-corrected chi connectivity index (χ2v) is 3.46. The summed E-state index contributed by atoms with van der Waals surface area (Å²) in [6, 6.07) is 7.75. The van der Waals surface area contributed by atoms with Gasteiger partial charge in [0.25, 0.3) is 0 Å². The Hall–Kier alpha value is 0.326. The fourth-order valence-electron chi connectivity index (χ4n) is 2.00. The molecule has 1 aliphatic carbocycles. The first-order chi connectivity index (χ1) is 6.29. The van der Waals surface area contributed by atoms with Crippen molar-refractivity contribution in [3.05, 3.63) is 35.4 Å². The van der Waals surface area contributed by atoms with Crippen LogP contribution in [0.1, 0.15) is 29.9 Å². The summed E-state index contributed by atoms with van der Waals surface area (Å²) in [5.74, 6) is -1.32. The molecular formula is C11H11KO2. The minimum absolute atomic E-state index is 0. The SMILES string of the molecule is O=C([O-])C1CCCc2ccccc21.[K+]. The van der Waals surface area contributed by atoms with Crippen LogP contribution in [0.3, 0.4) is 0 Å². The standard InChI is InChI=1S/C11H12O2.K/c12-11(13)10-7-3-5-8-4-1-2-6-9(8)10;/h1-2,4,6,10H,3,5,7H2,(H,12,13);/q;+1/p-1. The van der Waals surface area contributed by atoms with E-state index in [-0.39, 0.29) is 57.3 Å². The second kappa shape index (κ2) is 5.42. The summed E-state index contributed by atoms with van der Waals surface area (Å²) in [5.41, 5.74) is 2.12. The molecule has 0 heterocycles. The number of carbonyl (C=O) groups is 1. The first-order valence-electron chi connectivity index (χ1n) is 4.57. The number of carboxylic acid groups (broad SMARTS) is 1. The molecule has 0 saturated carbocycles. The quantitative estimate of drug-likeness (QED) is 0.501. The second-order valence-electron chi connectivity index (χ2n) is 3.46. The predicted octanol–water partition coefficient (Wildman–Crippen LogP) is -2.14. The molecule has 0 aromatic heterocycles. The Morgan fingerprint density at radius 3 is 2.79 bits per heavy atom. The minimum atomic E-state index is -0.938. The molecule has 0 saturated heterocycles. The first kappa shape index (κ1) is 12.4. The van der Waals surface area contributed by atoms with Gasteiger partial charge in [0.15, 0.2) is 0 Å². The molecule has 1 aromatic rings. The summed E-state index contributed by atoms with van der Waals surface area (Å²) in [6.07, 6.45) is 2.68. The Labute approximate surface area is 126 Å². The van der Waals surface area contributed by atoms with Crippen molar-refractivity contribution in [2.24, 2.45) is 0 Å². The maximum Gasteiger partial charge on any atom is 1.00 e. The Kier molecular flexibility index (Phi) is 4.80. The third-order valence-corrected chi connectivity index (χ3v) is 2.65. The molecule has 0 N–H and O–H groups in total. The number of rotatable bonds is 1. The van der Waals surface area contributed by atoms with Gasteiger partial charge in [-0.1, -0.05) is 24.3 Å². The number of hydrogen-bond acceptors (Lipinski definition) is 2. The normalized spacial score (nSPS) is 19.3. The average molecular weight is 214 g/mol. The first-order valence-corrected chi connectivity index (χ1v) is 4.57. The van der Waals surface area contributed by atoms with Gasteiger partial charge in [-0.2, -0.15) is 0 Å². The molecule has 1 atom stereocenters. The van der Waals surface area contributed by atoms with Crippen LogP contribution in [0.25, 0.3) is 0 Å². The molecule has 1 aliphatic rings. The van der Waals surface area contributed by atoms with Gasteiger partial charge in [-0.25, -0.2) is 0 Å². The van der Waals surface area contributed by atoms with Crippen molar-refractivity contribution in [1.29, 1.82) is 0 Å². The van der Waals surface area contributed by atoms with Gasteiger partial charge in [0.05, 0.1) is 0 Å². The van der Waals surface area contributed by atoms with Crippen molar-refractivity contribution >= 4 is 5.97 Å². The van der Waals surface area contributed by atoms with Crippen molar-refractivity contribution in [3.8, 4) is 0 Å². The molecule has 1 aromatic carbocycles. The van der Waals surface area contributed by atoms with Crippen LogP contribution in [-0.4, -0.2) is 5.97 Å². The molecular weight excluding hydrogens is 203 g/mol. The van der Waals surface area contributed by atoms with E-state index in [4.69, 9.17) is 0 Å². The van der Waals surface area contributed by atoms with Crippen molar-refractivity contribution < 1.29 is 61.3 Å². The summed E-state index contributed by atoms with van der Waals surface area (Å²) in [4.78, 5) is 10.8. The maximum atomic E-state index is 10.8. The molecule has 0 bridgehead atoms. The molecule has 0 spiro atoms. The molecule has 0 fully saturated rings. The van der Waals surface area contributed by atoms with Gasteiger partial charge >= 0.3 is 51.4 Å². The van der Waals surface area contributed by atoms with E-state index in [1.165, 1.54) is 5.56 Å². The summed E-state index contributed by atoms with van der Waals surface area (Å²) >= 11 is 0. The largest absolute Gasteiger partial charge is 1.00 e. The molecule has 68 valence electrons. The van der Waals surface area contributed by atoms with Crippen LogP contribution in [0.2, 0.25) is 0 Å². The zero-order chi connectivity index (χ0) is 9.26. The number of carbonyl (C=O) groups excluding carboxylic acids is 1. The summed E-state index contributed by atoms with van der Waals surface area (Å²) < 4.78 is 0. The van der Waals surface area contributed by atoms with E-state index in [9.17, 15) is 9.90 Å². The van der Waals surface area contributed by atoms with Crippen LogP contribution in [-0.2, 0) is 11.2 Å². The monoisotopic (exact) mass is 214 g/mol. The van der Waals surface area contributed by atoms with Crippen molar-refractivity contribution in [2.45, 2.75) is 25.2 Å². The van der Waals surface area contributed by atoms with E-state index >= 15 is 0 Å². The van der Waals surface area contributed by atoms with Gasteiger partial charge in [-0.15, -0.1) is 0 Å². The number of aliphatic carboxylic acids is 1. The van der Waals surface area contributed by atoms with Gasteiger partial charge in [-0.3, -0.25) is 0 Å². The van der Waals surface area contributed by atoms with Crippen molar-refractivity contribution in [2.75, 3.05) is 0 Å². The number of hydrogen-bond donors (Lipinski definition) is 0. The van der Waals surface area contributed by atoms with E-state index in [0.29, 0.717) is 0 Å². The Balaban J connectivity index is 0.000000980. The average Bonchev–Trinajstić information content (AvgIpc) is 2.17. The van der Waals surface area contributed by atoms with E-state index < -0.39 is 5.97 Å². The summed E-state index contributed by atoms with van der Waals surface area (Å²) in [7, 11) is 0. The van der Waals surface area contributed by atoms with Crippen LogP contribution in [0, 0.1) is 0 Å². The zero-order valence-corrected chi connectivity index (χ0v) is 11.4. The van der Waals surface area contributed by atoms with Crippen LogP contribution in [0.15, 0.2) is 24.3 Å². The predicted molar refractivity (Wildman–Crippen MR) is 47.1 cm³/mol. The fourth-order valence-corrected chi connectivity index (χ4v) is 2.00. The molecule has 2 rings (SSSR count). The van der Waals surface area contributed by atoms with Crippen LogP contribution < -0.4 is 56.5 Å². The molecule has 0 aliphatic heterocycles. The maximum absolute atomic E-state index is 10.8. The number of fused-ring (bicyclic) bond motifs is 1. The van der Waals surface area contributed by atoms with Crippen molar-refractivity contribution in [1.82, 2.24) is 0 Å². The fraction of sp³-hybridized carbons (Fsp3) is 0.364. The number of benzene rings is 1. The van der Waals surface area contributed by atoms with Gasteiger partial charge in [0.2, 0.25) is 0 Å². The van der Waals surface area contributed by atoms with Gasteiger partial charge in [0, 0.05) is 11.9 Å². The Bertz CT molecular complexity index is 336. The van der Waals surface area contributed by atoms with Gasteiger partial charge in [0.1, 0.15) is 0 Å². The van der Waals surface area contributed by atoms with E-state index in [1.54, 1.807) is 0 Å². The van der Waals surface area contributed by atoms with Crippen LogP contribution in [0.4, 0.5) is 0 Å². The molecule has 1 unspecified atom stereocenters. The summed E-state index contributed by atoms with van der Waals surface area (Å²) in [5, 5.41) is 10.8. The smallest absolute Gasteiger partial charge is 0.549 e. The topological polar surface area (TPSA) is 40.1 Å². The zero-order valence-electron chi connectivity index (χ0n) is 8.32. The van der Waals surface area contributed by atoms with Gasteiger partial charge < -0.3 is 9.90 Å². The molecule has 14 heavy (non-hydrogen) atoms. The molecule has 2 nitrogen and oxygen atoms in total. The van der Waals surface area contributed by atoms with E-state index in [1.807, 2.05) is 24.3 Å². The minimum Gasteiger partial charge on any atom is -0.549 e. The van der Waals surface area contributed by atoms with Crippen LogP contribution in [0.5, 0.6) is 0 Å². The Morgan fingerprint density at radius 2 is 2.07 bits per heavy atom. The van der Waals surface area contributed by atoms with E-state index in [0.717, 1.165) is 24.8 Å². The molecule has 0 amide bonds.